The molecule has 1 aliphatic carbocycles. The van der Waals surface area contributed by atoms with Crippen LogP contribution in [0.5, 0.6) is 0 Å². The van der Waals surface area contributed by atoms with Gasteiger partial charge >= 0.3 is 0 Å². The number of rotatable bonds is 6. The summed E-state index contributed by atoms with van der Waals surface area (Å²) < 4.78 is 5.82. The maximum Gasteiger partial charge on any atom is 0.0681 e. The molecule has 1 saturated carbocycles. The maximum atomic E-state index is 9.05. The van der Waals surface area contributed by atoms with E-state index in [1.165, 1.54) is 0 Å². The van der Waals surface area contributed by atoms with Gasteiger partial charge in [0.05, 0.1) is 12.7 Å². The number of aliphatic hydroxyl groups excluding tert-OH is 1. The van der Waals surface area contributed by atoms with Gasteiger partial charge in [-0.05, 0) is 37.5 Å². The summed E-state index contributed by atoms with van der Waals surface area (Å²) in [7, 11) is 0. The molecule has 0 aromatic heterocycles. The van der Waals surface area contributed by atoms with Gasteiger partial charge in [0.2, 0.25) is 0 Å². The van der Waals surface area contributed by atoms with Gasteiger partial charge in [-0.1, -0.05) is 26.0 Å². The smallest absolute Gasteiger partial charge is 0.0681 e. The molecule has 3 nitrogen and oxygen atoms in total. The number of nitrogens with one attached hydrogen (secondary N) is 1. The number of hydrogen-bond acceptors (Lipinski definition) is 3. The zero-order valence-electron chi connectivity index (χ0n) is 12.1. The van der Waals surface area contributed by atoms with Crippen LogP contribution in [-0.4, -0.2) is 23.9 Å². The summed E-state index contributed by atoms with van der Waals surface area (Å²) >= 11 is 0. The number of anilines is 1. The van der Waals surface area contributed by atoms with Crippen molar-refractivity contribution in [2.45, 2.75) is 52.4 Å². The monoisotopic (exact) mass is 263 g/mol. The molecule has 0 heterocycles. The zero-order chi connectivity index (χ0) is 13.9. The second-order valence-corrected chi connectivity index (χ2v) is 5.59. The van der Waals surface area contributed by atoms with Crippen LogP contribution in [0.25, 0.3) is 0 Å². The van der Waals surface area contributed by atoms with Crippen LogP contribution in [0, 0.1) is 5.41 Å². The molecule has 2 rings (SSSR count). The molecule has 0 spiro atoms. The van der Waals surface area contributed by atoms with E-state index in [2.05, 4.69) is 26.1 Å². The fourth-order valence-electron chi connectivity index (χ4n) is 2.88. The van der Waals surface area contributed by atoms with Crippen LogP contribution in [0.3, 0.4) is 0 Å². The lowest BCUT2D eigenvalue weighted by Gasteiger charge is -2.54. The Morgan fingerprint density at radius 1 is 1.32 bits per heavy atom. The van der Waals surface area contributed by atoms with Crippen molar-refractivity contribution in [3.05, 3.63) is 29.8 Å². The fourth-order valence-corrected chi connectivity index (χ4v) is 2.88. The van der Waals surface area contributed by atoms with E-state index in [0.717, 1.165) is 30.7 Å². The van der Waals surface area contributed by atoms with Gasteiger partial charge in [0.1, 0.15) is 0 Å². The van der Waals surface area contributed by atoms with Crippen molar-refractivity contribution in [3.8, 4) is 0 Å². The Kier molecular flexibility index (Phi) is 4.48. The van der Waals surface area contributed by atoms with Crippen molar-refractivity contribution in [3.63, 3.8) is 0 Å². The maximum absolute atomic E-state index is 9.05. The molecule has 3 atom stereocenters. The van der Waals surface area contributed by atoms with Crippen molar-refractivity contribution in [1.82, 2.24) is 0 Å². The standard InChI is InChI=1S/C16H25NO2/c1-4-16(3)14(10-15(16)19-5-2)17-13-8-6-12(11-18)7-9-13/h6-9,14-15,17-18H,4-5,10-11H2,1-3H3. The highest BCUT2D eigenvalue weighted by atomic mass is 16.5. The van der Waals surface area contributed by atoms with Gasteiger partial charge in [-0.2, -0.15) is 0 Å². The Labute approximate surface area is 116 Å². The number of aliphatic hydroxyl groups is 1. The van der Waals surface area contributed by atoms with E-state index in [9.17, 15) is 0 Å². The second-order valence-electron chi connectivity index (χ2n) is 5.59. The van der Waals surface area contributed by atoms with Crippen molar-refractivity contribution in [2.75, 3.05) is 11.9 Å². The van der Waals surface area contributed by atoms with Crippen molar-refractivity contribution in [1.29, 1.82) is 0 Å². The van der Waals surface area contributed by atoms with Crippen LogP contribution in [0.15, 0.2) is 24.3 Å². The molecule has 1 aliphatic rings. The molecular formula is C16H25NO2. The first kappa shape index (κ1) is 14.4. The molecule has 106 valence electrons. The van der Waals surface area contributed by atoms with E-state index in [-0.39, 0.29) is 12.0 Å². The average molecular weight is 263 g/mol. The summed E-state index contributed by atoms with van der Waals surface area (Å²) in [6.07, 6.45) is 2.56. The minimum absolute atomic E-state index is 0.1000. The van der Waals surface area contributed by atoms with E-state index in [1.807, 2.05) is 24.3 Å². The lowest BCUT2D eigenvalue weighted by molar-refractivity contribution is -0.109. The van der Waals surface area contributed by atoms with Crippen molar-refractivity contribution >= 4 is 5.69 Å². The highest BCUT2D eigenvalue weighted by Crippen LogP contribution is 2.47. The molecule has 3 unspecified atom stereocenters. The van der Waals surface area contributed by atoms with E-state index in [1.54, 1.807) is 0 Å². The van der Waals surface area contributed by atoms with Crippen molar-refractivity contribution in [2.24, 2.45) is 5.41 Å². The lowest BCUT2D eigenvalue weighted by atomic mass is 9.61. The number of hydrogen-bond donors (Lipinski definition) is 2. The van der Waals surface area contributed by atoms with Crippen LogP contribution >= 0.6 is 0 Å². The van der Waals surface area contributed by atoms with Gasteiger partial charge in [-0.15, -0.1) is 0 Å². The normalized spacial score (nSPS) is 29.9. The predicted octanol–water partition coefficient (Wildman–Crippen LogP) is 3.18. The van der Waals surface area contributed by atoms with Gasteiger partial charge in [0, 0.05) is 23.8 Å². The van der Waals surface area contributed by atoms with Crippen LogP contribution in [-0.2, 0) is 11.3 Å². The molecule has 3 heteroatoms. The molecule has 0 aliphatic heterocycles. The molecule has 0 radical (unpaired) electrons. The second kappa shape index (κ2) is 5.93. The minimum Gasteiger partial charge on any atom is -0.392 e. The van der Waals surface area contributed by atoms with Gasteiger partial charge in [0.15, 0.2) is 0 Å². The average Bonchev–Trinajstić information content (AvgIpc) is 2.46. The molecule has 0 bridgehead atoms. The van der Waals surface area contributed by atoms with Gasteiger partial charge < -0.3 is 15.2 Å². The topological polar surface area (TPSA) is 41.5 Å². The zero-order valence-corrected chi connectivity index (χ0v) is 12.1. The van der Waals surface area contributed by atoms with Gasteiger partial charge in [-0.25, -0.2) is 0 Å². The highest BCUT2D eigenvalue weighted by Gasteiger charge is 2.51. The fraction of sp³-hybridized carbons (Fsp3) is 0.625. The number of benzene rings is 1. The number of ether oxygens (including phenoxy) is 1. The van der Waals surface area contributed by atoms with E-state index < -0.39 is 0 Å². The summed E-state index contributed by atoms with van der Waals surface area (Å²) in [6.45, 7) is 7.48. The molecule has 1 fully saturated rings. The Hall–Kier alpha value is -1.06. The first-order chi connectivity index (χ1) is 9.13. The molecule has 1 aromatic rings. The van der Waals surface area contributed by atoms with Crippen molar-refractivity contribution < 1.29 is 9.84 Å². The third-order valence-electron chi connectivity index (χ3n) is 4.59. The van der Waals surface area contributed by atoms with E-state index >= 15 is 0 Å². The Bertz CT molecular complexity index is 404. The third-order valence-corrected chi connectivity index (χ3v) is 4.59. The minimum atomic E-state index is 0.1000. The summed E-state index contributed by atoms with van der Waals surface area (Å²) in [5, 5.41) is 12.6. The van der Waals surface area contributed by atoms with Gasteiger partial charge in [-0.3, -0.25) is 0 Å². The highest BCUT2D eigenvalue weighted by molar-refractivity contribution is 5.46. The lowest BCUT2D eigenvalue weighted by Crippen LogP contribution is -2.59. The quantitative estimate of drug-likeness (QED) is 0.828. The first-order valence-corrected chi connectivity index (χ1v) is 7.22. The largest absolute Gasteiger partial charge is 0.392 e. The Morgan fingerprint density at radius 3 is 2.53 bits per heavy atom. The Morgan fingerprint density at radius 2 is 2.00 bits per heavy atom. The summed E-state index contributed by atoms with van der Waals surface area (Å²) in [5.41, 5.74) is 2.28. The SMILES string of the molecule is CCOC1CC(Nc2ccc(CO)cc2)C1(C)CC. The van der Waals surface area contributed by atoms with E-state index in [4.69, 9.17) is 9.84 Å². The first-order valence-electron chi connectivity index (χ1n) is 7.22. The molecule has 19 heavy (non-hydrogen) atoms. The van der Waals surface area contributed by atoms with E-state index in [0.29, 0.717) is 12.1 Å². The van der Waals surface area contributed by atoms with Crippen LogP contribution < -0.4 is 5.32 Å². The molecule has 0 saturated heterocycles. The van der Waals surface area contributed by atoms with Crippen LogP contribution in [0.4, 0.5) is 5.69 Å². The van der Waals surface area contributed by atoms with Crippen LogP contribution in [0.1, 0.15) is 39.2 Å². The molecule has 0 amide bonds. The predicted molar refractivity (Wildman–Crippen MR) is 78.2 cm³/mol. The summed E-state index contributed by atoms with van der Waals surface area (Å²) in [5.74, 6) is 0. The molecule has 2 N–H and O–H groups in total. The molecular weight excluding hydrogens is 238 g/mol. The Balaban J connectivity index is 1.99. The summed E-state index contributed by atoms with van der Waals surface area (Å²) in [4.78, 5) is 0. The molecule has 1 aromatic carbocycles. The summed E-state index contributed by atoms with van der Waals surface area (Å²) in [6, 6.07) is 8.47. The van der Waals surface area contributed by atoms with Crippen LogP contribution in [0.2, 0.25) is 0 Å². The third kappa shape index (κ3) is 2.77. The van der Waals surface area contributed by atoms with Gasteiger partial charge in [0.25, 0.3) is 0 Å².